The molecule has 15 N–H and O–H groups in total. The number of hydrogen-bond acceptors (Lipinski definition) is 25. The Kier molecular flexibility index (Phi) is 25.8. The summed E-state index contributed by atoms with van der Waals surface area (Å²) in [5, 5.41) is 32.2. The number of para-hydroxylation sites is 2. The highest BCUT2D eigenvalue weighted by Crippen LogP contribution is 2.44. The lowest BCUT2D eigenvalue weighted by Gasteiger charge is -2.12. The van der Waals surface area contributed by atoms with Gasteiger partial charge in [-0.3, -0.25) is 24.0 Å². The summed E-state index contributed by atoms with van der Waals surface area (Å²) in [5.74, 6) is 0.589. The fourth-order valence-electron chi connectivity index (χ4n) is 16.8. The molecule has 0 aliphatic heterocycles. The molecule has 702 valence electrons. The largest absolute Gasteiger partial charge is 0.481 e. The second kappa shape index (κ2) is 38.8. The van der Waals surface area contributed by atoms with Gasteiger partial charge < -0.3 is 73.9 Å². The first-order valence-corrected chi connectivity index (χ1v) is 45.2. The predicted molar refractivity (Wildman–Crippen MR) is 529 cm³/mol. The lowest BCUT2D eigenvalue weighted by molar-refractivity contribution is -0.118. The smallest absolute Gasteiger partial charge is 0.231 e. The number of nitrogens with zero attached hydrogens (tertiary/aromatic N) is 15. The number of methoxy groups -OCH3 is 2. The van der Waals surface area contributed by atoms with Crippen molar-refractivity contribution in [1.82, 2.24) is 68.9 Å². The van der Waals surface area contributed by atoms with E-state index in [4.69, 9.17) is 43.4 Å². The van der Waals surface area contributed by atoms with Gasteiger partial charge in [-0.25, -0.2) is 77.4 Å². The topological polar surface area (TPSA) is 482 Å². The molecule has 2 unspecified atom stereocenters. The normalized spacial score (nSPS) is 18.3. The molecule has 14 heterocycles. The summed E-state index contributed by atoms with van der Waals surface area (Å²) >= 11 is 0. The number of benzene rings is 3. The minimum atomic E-state index is -1.05. The standard InChI is InChI=1S/2C21H18FN5O.C21H19N5O.2C20H20FN5O2/c2*1-27-6-5-11-3-2-4-13(19(11)27)17-7-12-8-18(24-10-15(12)20(23)25-17)26-21(28)14-9-16(14)22;1-2-12-5-3-4-6-15(12)18-8-13-9-19(24-11-17(13)20(23)25-18)26-21(27)16-7-14(16)10-22;2*1-3-10-6-18(28-2)24-8-13(10)16-4-11-5-17(23-9-14(11)19(22)25-16)26-20(27)12-7-15(12)21/h2*2-8,10,14,16H,9H2,1H3,(H2,23,25)(H,24,26,28);3-6,8-9,11,14,16H,2,7H2,1H3,(H2,23,25)(H,24,26,27);2*4-6,8-9,12,15H,3,7H2,1-2H3,(H2,22,25)(H,23,26,27)/t2*14-,16+;;2*12-,15+/m10.10/s1. The van der Waals surface area contributed by atoms with Crippen molar-refractivity contribution in [3.05, 3.63) is 218 Å². The molecule has 0 radical (unpaired) electrons. The van der Waals surface area contributed by atoms with E-state index in [2.05, 4.69) is 130 Å². The number of nitrogens with two attached hydrogens (primary N) is 5. The zero-order chi connectivity index (χ0) is 97.5. The molecule has 0 spiro atoms. The molecule has 139 heavy (non-hydrogen) atoms. The van der Waals surface area contributed by atoms with Crippen LogP contribution in [0.1, 0.15) is 69.6 Å². The minimum Gasteiger partial charge on any atom is -0.481 e. The molecule has 0 bridgehead atoms. The number of anilines is 10. The van der Waals surface area contributed by atoms with Crippen LogP contribution in [0.15, 0.2) is 201 Å². The number of nitrogens with one attached hydrogen (secondary N) is 5. The van der Waals surface area contributed by atoms with E-state index in [-0.39, 0.29) is 67.1 Å². The van der Waals surface area contributed by atoms with Crippen molar-refractivity contribution in [2.75, 3.05) is 69.5 Å². The fourth-order valence-corrected chi connectivity index (χ4v) is 16.8. The van der Waals surface area contributed by atoms with E-state index in [0.29, 0.717) is 109 Å². The lowest BCUT2D eigenvalue weighted by Crippen LogP contribution is -2.15. The van der Waals surface area contributed by atoms with Gasteiger partial charge >= 0.3 is 0 Å². The first kappa shape index (κ1) is 92.4. The molecule has 32 nitrogen and oxygen atoms in total. The number of amides is 5. The van der Waals surface area contributed by atoms with Gasteiger partial charge in [-0.05, 0) is 168 Å². The van der Waals surface area contributed by atoms with E-state index in [9.17, 15) is 41.5 Å². The number of aromatic nitrogens is 14. The van der Waals surface area contributed by atoms with Gasteiger partial charge in [0, 0.05) is 148 Å². The van der Waals surface area contributed by atoms with Crippen LogP contribution in [0, 0.1) is 46.8 Å². The molecule has 0 saturated heterocycles. The first-order chi connectivity index (χ1) is 67.1. The van der Waals surface area contributed by atoms with E-state index in [1.807, 2.05) is 134 Å². The highest BCUT2D eigenvalue weighted by atomic mass is 19.1. The van der Waals surface area contributed by atoms with Crippen molar-refractivity contribution in [3.63, 3.8) is 0 Å². The van der Waals surface area contributed by atoms with Crippen LogP contribution in [0.25, 0.3) is 132 Å². The summed E-state index contributed by atoms with van der Waals surface area (Å²) in [4.78, 5) is 112. The number of ether oxygens (including phenoxy) is 2. The number of rotatable bonds is 20. The summed E-state index contributed by atoms with van der Waals surface area (Å²) in [6.07, 6.45) is 15.3. The summed E-state index contributed by atoms with van der Waals surface area (Å²) in [6.45, 7) is 6.18. The Morgan fingerprint density at radius 3 is 0.914 bits per heavy atom. The van der Waals surface area contributed by atoms with Gasteiger partial charge in [-0.1, -0.05) is 81.4 Å². The second-order valence-corrected chi connectivity index (χ2v) is 34.7. The highest BCUT2D eigenvalue weighted by Gasteiger charge is 2.47. The second-order valence-electron chi connectivity index (χ2n) is 34.7. The first-order valence-electron chi connectivity index (χ1n) is 45.2. The van der Waals surface area contributed by atoms with Crippen LogP contribution in [-0.2, 0) is 57.3 Å². The van der Waals surface area contributed by atoms with Crippen LogP contribution < -0.4 is 64.7 Å². The van der Waals surface area contributed by atoms with Gasteiger partial charge in [0.2, 0.25) is 41.3 Å². The molecule has 5 amide bonds. The van der Waals surface area contributed by atoms with E-state index >= 15 is 0 Å². The molecule has 22 rings (SSSR count). The molecule has 36 heteroatoms. The van der Waals surface area contributed by atoms with Crippen molar-refractivity contribution in [2.24, 2.45) is 49.6 Å². The van der Waals surface area contributed by atoms with Crippen LogP contribution in [0.4, 0.5) is 75.7 Å². The molecular weight excluding hydrogens is 1780 g/mol. The Balaban J connectivity index is 0.000000115. The van der Waals surface area contributed by atoms with Gasteiger partial charge in [-0.2, -0.15) is 5.26 Å². The molecular formula is C103H95F4N25O7. The van der Waals surface area contributed by atoms with Crippen molar-refractivity contribution < 1.29 is 51.0 Å². The Morgan fingerprint density at radius 2 is 0.633 bits per heavy atom. The Bertz CT molecular complexity index is 7470. The number of hydrogen-bond donors (Lipinski definition) is 10. The van der Waals surface area contributed by atoms with Gasteiger partial charge in [0.1, 0.15) is 82.9 Å². The average Bonchev–Trinajstić information content (AvgIpc) is 1.42. The number of carbonyl (C=O) groups excluding carboxylic acids is 5. The number of nitrogen functional groups attached to an aromatic ring is 5. The van der Waals surface area contributed by atoms with Gasteiger partial charge in [0.25, 0.3) is 0 Å². The van der Waals surface area contributed by atoms with Crippen LogP contribution >= 0.6 is 0 Å². The molecule has 10 atom stereocenters. The number of halogens is 4. The van der Waals surface area contributed by atoms with Crippen LogP contribution in [-0.4, -0.2) is 137 Å². The molecule has 5 saturated carbocycles. The third kappa shape index (κ3) is 20.0. The van der Waals surface area contributed by atoms with Crippen molar-refractivity contribution in [2.45, 2.75) is 96.8 Å². The van der Waals surface area contributed by atoms with Crippen LogP contribution in [0.5, 0.6) is 11.8 Å². The third-order valence-corrected chi connectivity index (χ3v) is 25.2. The number of alkyl halides is 4. The number of aryl methyl sites for hydroxylation is 5. The van der Waals surface area contributed by atoms with Crippen LogP contribution in [0.2, 0.25) is 0 Å². The molecule has 5 aliphatic carbocycles. The molecule has 5 fully saturated rings. The SMILES string of the molecule is CCc1cc(OC)ncc1-c1cc2cc(NC(=O)[C@@H]3C[C@@H]3F)ncc2c(N)n1.CCc1cc(OC)ncc1-c1cc2cc(NC(=O)[C@H]3C[C@H]3F)ncc2c(N)n1.CCc1ccccc1-c1cc2cc(NC(=O)C3CC3C#N)ncc2c(N)n1.Cn1ccc2cccc(-c3cc4cc(NC(=O)[C@@H]5C[C@@H]5F)ncc4c(N)n3)c21.Cn1ccc2cccc(-c3cc4cc(NC(=O)[C@H]5C[C@H]5F)ncc4c(N)n3)c21. The summed E-state index contributed by atoms with van der Waals surface area (Å²) < 4.78 is 66.8. The Morgan fingerprint density at radius 1 is 0.353 bits per heavy atom. The monoisotopic (exact) mass is 1870 g/mol. The summed E-state index contributed by atoms with van der Waals surface area (Å²) in [6, 6.07) is 48.5. The van der Waals surface area contributed by atoms with Gasteiger partial charge in [-0.15, -0.1) is 0 Å². The highest BCUT2D eigenvalue weighted by molar-refractivity contribution is 6.06. The van der Waals surface area contributed by atoms with Gasteiger partial charge in [0.05, 0.1) is 95.3 Å². The van der Waals surface area contributed by atoms with E-state index < -0.39 is 48.4 Å². The number of pyridine rings is 12. The molecule has 17 aromatic rings. The maximum absolute atomic E-state index is 13.1. The number of carbonyl (C=O) groups is 5. The third-order valence-electron chi connectivity index (χ3n) is 25.2. The number of fused-ring (bicyclic) bond motifs is 7. The summed E-state index contributed by atoms with van der Waals surface area (Å²) in [5.41, 5.74) is 44.5. The van der Waals surface area contributed by atoms with E-state index in [0.717, 1.165) is 129 Å². The zero-order valence-corrected chi connectivity index (χ0v) is 76.4. The zero-order valence-electron chi connectivity index (χ0n) is 76.4. The summed E-state index contributed by atoms with van der Waals surface area (Å²) in [7, 11) is 7.13. The fraction of sp³-hybridized carbons (Fsp3) is 0.243. The number of nitriles is 1. The molecule has 5 aliphatic rings. The minimum absolute atomic E-state index is 0.160. The maximum Gasteiger partial charge on any atom is 0.231 e. The van der Waals surface area contributed by atoms with Crippen LogP contribution in [0.3, 0.4) is 0 Å². The van der Waals surface area contributed by atoms with E-state index in [1.165, 1.54) is 5.56 Å². The van der Waals surface area contributed by atoms with E-state index in [1.54, 1.807) is 87.9 Å². The van der Waals surface area contributed by atoms with Crippen molar-refractivity contribution in [1.29, 1.82) is 5.26 Å². The van der Waals surface area contributed by atoms with Gasteiger partial charge in [0.15, 0.2) is 0 Å². The van der Waals surface area contributed by atoms with Crippen molar-refractivity contribution in [3.8, 4) is 74.1 Å². The molecule has 3 aromatic carbocycles. The molecule has 14 aromatic heterocycles. The predicted octanol–water partition coefficient (Wildman–Crippen LogP) is 17.2. The Labute approximate surface area is 792 Å². The van der Waals surface area contributed by atoms with Crippen molar-refractivity contribution >= 4 is 163 Å². The maximum atomic E-state index is 13.1. The Hall–Kier alpha value is -17.0. The quantitative estimate of drug-likeness (QED) is 0.0317. The lowest BCUT2D eigenvalue weighted by atomic mass is 10.0. The average molecular weight is 1870 g/mol.